The number of thiazole rings is 1. The number of methoxy groups -OCH3 is 2. The Hall–Kier alpha value is -3.06. The van der Waals surface area contributed by atoms with Crippen LogP contribution in [0, 0.1) is 0 Å². The standard InChI is InChI=1S/C21H20N2O4S/c1-22-20-19(28-21(22)25)17(13-5-4-6-16(11-13)27-3)12-18(24)23(20)14-7-9-15(26-2)10-8-14/h4-11,17H,12H2,1-3H3/t17-/m1/s1. The molecule has 1 amide bonds. The van der Waals surface area contributed by atoms with Gasteiger partial charge in [0.25, 0.3) is 0 Å². The number of benzene rings is 2. The van der Waals surface area contributed by atoms with E-state index in [4.69, 9.17) is 9.47 Å². The molecule has 4 rings (SSSR count). The van der Waals surface area contributed by atoms with E-state index in [9.17, 15) is 9.59 Å². The number of rotatable bonds is 4. The third-order valence-electron chi connectivity index (χ3n) is 4.99. The molecule has 2 aromatic carbocycles. The number of amides is 1. The van der Waals surface area contributed by atoms with Crippen molar-refractivity contribution >= 4 is 28.7 Å². The maximum atomic E-state index is 13.2. The lowest BCUT2D eigenvalue weighted by Crippen LogP contribution is -2.34. The van der Waals surface area contributed by atoms with Gasteiger partial charge in [-0.15, -0.1) is 0 Å². The first-order valence-electron chi connectivity index (χ1n) is 8.84. The molecule has 1 aromatic heterocycles. The van der Waals surface area contributed by atoms with Crippen LogP contribution in [0.15, 0.2) is 53.3 Å². The van der Waals surface area contributed by atoms with Gasteiger partial charge in [-0.25, -0.2) is 0 Å². The average molecular weight is 396 g/mol. The predicted molar refractivity (Wildman–Crippen MR) is 109 cm³/mol. The quantitative estimate of drug-likeness (QED) is 0.675. The molecule has 7 heteroatoms. The Bertz CT molecular complexity index is 1080. The summed E-state index contributed by atoms with van der Waals surface area (Å²) in [6.07, 6.45) is 0.284. The fourth-order valence-corrected chi connectivity index (χ4v) is 4.64. The number of carbonyl (C=O) groups excluding carboxylic acids is 1. The van der Waals surface area contributed by atoms with Crippen molar-refractivity contribution in [1.29, 1.82) is 0 Å². The number of hydrogen-bond donors (Lipinski definition) is 0. The van der Waals surface area contributed by atoms with Crippen molar-refractivity contribution in [2.24, 2.45) is 7.05 Å². The molecule has 28 heavy (non-hydrogen) atoms. The van der Waals surface area contributed by atoms with Gasteiger partial charge in [-0.2, -0.15) is 0 Å². The monoisotopic (exact) mass is 396 g/mol. The third-order valence-corrected chi connectivity index (χ3v) is 6.13. The summed E-state index contributed by atoms with van der Waals surface area (Å²) in [5.41, 5.74) is 1.68. The minimum absolute atomic E-state index is 0.0566. The first-order valence-corrected chi connectivity index (χ1v) is 9.65. The highest BCUT2D eigenvalue weighted by atomic mass is 32.1. The Labute approximate surface area is 166 Å². The van der Waals surface area contributed by atoms with Crippen molar-refractivity contribution in [2.75, 3.05) is 19.1 Å². The fraction of sp³-hybridized carbons (Fsp3) is 0.238. The number of nitrogens with zero attached hydrogens (tertiary/aromatic N) is 2. The van der Waals surface area contributed by atoms with E-state index < -0.39 is 0 Å². The zero-order valence-electron chi connectivity index (χ0n) is 15.8. The number of aromatic nitrogens is 1. The van der Waals surface area contributed by atoms with Gasteiger partial charge < -0.3 is 9.47 Å². The molecular weight excluding hydrogens is 376 g/mol. The number of carbonyl (C=O) groups is 1. The van der Waals surface area contributed by atoms with E-state index >= 15 is 0 Å². The highest BCUT2D eigenvalue weighted by Crippen LogP contribution is 2.45. The molecule has 0 fully saturated rings. The summed E-state index contributed by atoms with van der Waals surface area (Å²) < 4.78 is 12.1. The molecule has 6 nitrogen and oxygen atoms in total. The SMILES string of the molecule is COc1ccc(N2C(=O)C[C@H](c3cccc(OC)c3)c3sc(=O)n(C)c32)cc1. The van der Waals surface area contributed by atoms with E-state index in [2.05, 4.69) is 0 Å². The van der Waals surface area contributed by atoms with Crippen molar-refractivity contribution in [2.45, 2.75) is 12.3 Å². The van der Waals surface area contributed by atoms with Crippen molar-refractivity contribution in [3.8, 4) is 11.5 Å². The maximum Gasteiger partial charge on any atom is 0.308 e. The molecule has 1 aliphatic rings. The summed E-state index contributed by atoms with van der Waals surface area (Å²) in [6.45, 7) is 0. The third kappa shape index (κ3) is 2.97. The largest absolute Gasteiger partial charge is 0.497 e. The van der Waals surface area contributed by atoms with Crippen LogP contribution >= 0.6 is 11.3 Å². The minimum Gasteiger partial charge on any atom is -0.497 e. The summed E-state index contributed by atoms with van der Waals surface area (Å²) in [5, 5.41) is 0. The van der Waals surface area contributed by atoms with E-state index in [1.54, 1.807) is 42.9 Å². The lowest BCUT2D eigenvalue weighted by atomic mass is 9.90. The second kappa shape index (κ2) is 7.16. The fourth-order valence-electron chi connectivity index (χ4n) is 3.55. The number of anilines is 2. The zero-order valence-corrected chi connectivity index (χ0v) is 16.7. The maximum absolute atomic E-state index is 13.2. The molecule has 2 heterocycles. The van der Waals surface area contributed by atoms with Gasteiger partial charge in [0, 0.05) is 19.4 Å². The molecule has 0 saturated heterocycles. The highest BCUT2D eigenvalue weighted by Gasteiger charge is 2.37. The molecule has 0 saturated carbocycles. The predicted octanol–water partition coefficient (Wildman–Crippen LogP) is 3.66. The Morgan fingerprint density at radius 2 is 1.71 bits per heavy atom. The number of hydrogen-bond acceptors (Lipinski definition) is 5. The molecule has 0 spiro atoms. The van der Waals surface area contributed by atoms with Crippen LogP contribution in [0.4, 0.5) is 11.5 Å². The van der Waals surface area contributed by atoms with Crippen LogP contribution in [0.5, 0.6) is 11.5 Å². The molecule has 0 radical (unpaired) electrons. The van der Waals surface area contributed by atoms with Gasteiger partial charge in [0.15, 0.2) is 0 Å². The molecule has 1 aliphatic heterocycles. The van der Waals surface area contributed by atoms with Gasteiger partial charge in [-0.1, -0.05) is 23.5 Å². The van der Waals surface area contributed by atoms with Crippen LogP contribution in [-0.4, -0.2) is 24.7 Å². The minimum atomic E-state index is -0.175. The van der Waals surface area contributed by atoms with Crippen LogP contribution in [0.3, 0.4) is 0 Å². The van der Waals surface area contributed by atoms with Gasteiger partial charge in [0.1, 0.15) is 17.3 Å². The Morgan fingerprint density at radius 3 is 2.39 bits per heavy atom. The van der Waals surface area contributed by atoms with Gasteiger partial charge in [-0.05, 0) is 42.0 Å². The summed E-state index contributed by atoms with van der Waals surface area (Å²) >= 11 is 1.19. The molecular formula is C21H20N2O4S. The summed E-state index contributed by atoms with van der Waals surface area (Å²) in [7, 11) is 4.92. The Balaban J connectivity index is 1.85. The van der Waals surface area contributed by atoms with Gasteiger partial charge in [-0.3, -0.25) is 19.1 Å². The van der Waals surface area contributed by atoms with Gasteiger partial charge >= 0.3 is 4.87 Å². The van der Waals surface area contributed by atoms with Crippen molar-refractivity contribution in [1.82, 2.24) is 4.57 Å². The Kier molecular flexibility index (Phi) is 4.68. The number of fused-ring (bicyclic) bond motifs is 1. The van der Waals surface area contributed by atoms with Crippen LogP contribution in [0.25, 0.3) is 0 Å². The average Bonchev–Trinajstić information content (AvgIpc) is 3.02. The van der Waals surface area contributed by atoms with Crippen LogP contribution in [-0.2, 0) is 11.8 Å². The first-order chi connectivity index (χ1) is 13.5. The second-order valence-electron chi connectivity index (χ2n) is 6.58. The van der Waals surface area contributed by atoms with Gasteiger partial charge in [0.2, 0.25) is 5.91 Å². The summed E-state index contributed by atoms with van der Waals surface area (Å²) in [4.78, 5) is 28.1. The van der Waals surface area contributed by atoms with Crippen molar-refractivity contribution < 1.29 is 14.3 Å². The molecule has 144 valence electrons. The van der Waals surface area contributed by atoms with E-state index in [0.717, 1.165) is 16.2 Å². The first kappa shape index (κ1) is 18.3. The van der Waals surface area contributed by atoms with Crippen LogP contribution < -0.4 is 19.2 Å². The molecule has 0 bridgehead atoms. The smallest absolute Gasteiger partial charge is 0.308 e. The number of ether oxygens (including phenoxy) is 2. The van der Waals surface area contributed by atoms with Crippen LogP contribution in [0.2, 0.25) is 0 Å². The van der Waals surface area contributed by atoms with E-state index in [1.165, 1.54) is 11.3 Å². The van der Waals surface area contributed by atoms with Gasteiger partial charge in [0.05, 0.1) is 24.8 Å². The molecule has 0 aliphatic carbocycles. The zero-order chi connectivity index (χ0) is 19.8. The molecule has 0 N–H and O–H groups in total. The van der Waals surface area contributed by atoms with E-state index in [0.29, 0.717) is 17.3 Å². The normalized spacial score (nSPS) is 16.0. The lowest BCUT2D eigenvalue weighted by Gasteiger charge is -2.32. The summed E-state index contributed by atoms with van der Waals surface area (Å²) in [5.74, 6) is 1.84. The molecule has 1 atom stereocenters. The summed E-state index contributed by atoms with van der Waals surface area (Å²) in [6, 6.07) is 14.9. The van der Waals surface area contributed by atoms with Crippen molar-refractivity contribution in [3.63, 3.8) is 0 Å². The molecule has 0 unspecified atom stereocenters. The molecule has 3 aromatic rings. The topological polar surface area (TPSA) is 60.8 Å². The van der Waals surface area contributed by atoms with E-state index in [1.807, 2.05) is 36.4 Å². The van der Waals surface area contributed by atoms with E-state index in [-0.39, 0.29) is 23.1 Å². The lowest BCUT2D eigenvalue weighted by molar-refractivity contribution is -0.118. The van der Waals surface area contributed by atoms with Crippen molar-refractivity contribution in [3.05, 3.63) is 68.6 Å². The van der Waals surface area contributed by atoms with Crippen LogP contribution in [0.1, 0.15) is 22.8 Å². The highest BCUT2D eigenvalue weighted by molar-refractivity contribution is 7.10. The second-order valence-corrected chi connectivity index (χ2v) is 7.57. The Morgan fingerprint density at radius 1 is 1.00 bits per heavy atom.